The van der Waals surface area contributed by atoms with Gasteiger partial charge in [-0.1, -0.05) is 80.5 Å². The van der Waals surface area contributed by atoms with Gasteiger partial charge in [-0.25, -0.2) is 4.79 Å². The Bertz CT molecular complexity index is 1150. The largest absolute Gasteiger partial charge is 0.497 e. The highest BCUT2D eigenvalue weighted by molar-refractivity contribution is 6.74. The molecule has 10 heteroatoms. The average Bonchev–Trinajstić information content (AvgIpc) is 2.98. The van der Waals surface area contributed by atoms with Crippen LogP contribution in [0.4, 0.5) is 0 Å². The minimum atomic E-state index is -2.42. The fraction of sp³-hybridized carbons (Fsp3) is 0.763. The van der Waals surface area contributed by atoms with Crippen LogP contribution in [0.15, 0.2) is 35.9 Å². The van der Waals surface area contributed by atoms with Gasteiger partial charge in [-0.05, 0) is 73.4 Å². The van der Waals surface area contributed by atoms with E-state index in [2.05, 4.69) is 94.6 Å². The first-order valence-electron chi connectivity index (χ1n) is 17.4. The molecule has 0 aliphatic heterocycles. The van der Waals surface area contributed by atoms with Crippen LogP contribution in [0.1, 0.15) is 81.7 Å². The molecule has 0 amide bonds. The Kier molecular flexibility index (Phi) is 16.8. The van der Waals surface area contributed by atoms with Crippen molar-refractivity contribution in [2.45, 2.75) is 150 Å². The third-order valence-corrected chi connectivity index (χ3v) is 19.7. The van der Waals surface area contributed by atoms with E-state index in [1.165, 1.54) is 7.11 Å². The Morgan fingerprint density at radius 3 is 1.67 bits per heavy atom. The van der Waals surface area contributed by atoms with Gasteiger partial charge in [0.15, 0.2) is 22.7 Å². The Balaban J connectivity index is 3.85. The Hall–Kier alpha value is -1.54. The smallest absolute Gasteiger partial charge is 0.336 e. The lowest BCUT2D eigenvalue weighted by Gasteiger charge is -2.45. The van der Waals surface area contributed by atoms with Crippen LogP contribution in [0, 0.1) is 17.8 Å². The van der Waals surface area contributed by atoms with Gasteiger partial charge in [-0.2, -0.15) is 0 Å². The van der Waals surface area contributed by atoms with Gasteiger partial charge in [-0.15, -0.1) is 0 Å². The average molecular weight is 711 g/mol. The van der Waals surface area contributed by atoms with Crippen molar-refractivity contribution in [3.63, 3.8) is 0 Å². The summed E-state index contributed by atoms with van der Waals surface area (Å²) in [6.45, 7) is 32.4. The summed E-state index contributed by atoms with van der Waals surface area (Å²) < 4.78 is 37.8. The second kappa shape index (κ2) is 18.1. The third kappa shape index (κ3) is 12.1. The molecule has 0 spiro atoms. The predicted molar refractivity (Wildman–Crippen MR) is 201 cm³/mol. The molecule has 0 saturated heterocycles. The standard InChI is InChI=1S/C38H70O8Si2/c1-25(29(5)39)23-26(2)32(45-47(15,16)37(6,7)8)27(3)33(44-24-30-19-21-31(41-12)22-20-30)28(4)34(42-13)35(36(40)43-14)46-48(17,18)38(9,10)11/h19-23,25,27-29,32-35,39H,24H2,1-18H3/b26-23+/t25-,27+,28+,29?,32-,33-,34-,35+/m0/s1. The predicted octanol–water partition coefficient (Wildman–Crippen LogP) is 8.78. The van der Waals surface area contributed by atoms with Gasteiger partial charge in [0.25, 0.3) is 0 Å². The van der Waals surface area contributed by atoms with Crippen LogP contribution in [0.3, 0.4) is 0 Å². The highest BCUT2D eigenvalue weighted by Crippen LogP contribution is 2.42. The van der Waals surface area contributed by atoms with Gasteiger partial charge in [0.1, 0.15) is 5.75 Å². The minimum absolute atomic E-state index is 0.0335. The highest BCUT2D eigenvalue weighted by atomic mass is 28.4. The molecule has 0 heterocycles. The summed E-state index contributed by atoms with van der Waals surface area (Å²) in [6, 6.07) is 7.84. The summed E-state index contributed by atoms with van der Waals surface area (Å²) in [4.78, 5) is 13.5. The van der Waals surface area contributed by atoms with Crippen LogP contribution in [0.2, 0.25) is 36.3 Å². The molecule has 1 aromatic rings. The lowest BCUT2D eigenvalue weighted by Crippen LogP contribution is -2.55. The summed E-state index contributed by atoms with van der Waals surface area (Å²) in [7, 11) is -0.0403. The van der Waals surface area contributed by atoms with Crippen molar-refractivity contribution in [3.8, 4) is 5.75 Å². The van der Waals surface area contributed by atoms with Gasteiger partial charge in [0.05, 0.1) is 45.2 Å². The van der Waals surface area contributed by atoms with Crippen molar-refractivity contribution in [1.82, 2.24) is 0 Å². The molecule has 1 N–H and O–H groups in total. The van der Waals surface area contributed by atoms with Gasteiger partial charge >= 0.3 is 5.97 Å². The Morgan fingerprint density at radius 1 is 0.792 bits per heavy atom. The quantitative estimate of drug-likeness (QED) is 0.0919. The number of methoxy groups -OCH3 is 3. The molecule has 278 valence electrons. The van der Waals surface area contributed by atoms with E-state index in [-0.39, 0.29) is 33.9 Å². The van der Waals surface area contributed by atoms with E-state index in [0.29, 0.717) is 6.61 Å². The van der Waals surface area contributed by atoms with Gasteiger partial charge in [0, 0.05) is 24.9 Å². The zero-order valence-corrected chi connectivity index (χ0v) is 35.5. The van der Waals surface area contributed by atoms with Crippen molar-refractivity contribution in [2.24, 2.45) is 17.8 Å². The third-order valence-electron chi connectivity index (χ3n) is 10.8. The van der Waals surface area contributed by atoms with Gasteiger partial charge in [0.2, 0.25) is 0 Å². The molecular formula is C38H70O8Si2. The molecule has 0 aliphatic rings. The topological polar surface area (TPSA) is 92.7 Å². The molecule has 0 aliphatic carbocycles. The molecule has 48 heavy (non-hydrogen) atoms. The first kappa shape index (κ1) is 44.5. The number of aliphatic hydroxyl groups excluding tert-OH is 1. The second-order valence-electron chi connectivity index (χ2n) is 16.7. The summed E-state index contributed by atoms with van der Waals surface area (Å²) in [6.07, 6.45) is -0.726. The zero-order chi connectivity index (χ0) is 37.4. The number of rotatable bonds is 18. The first-order chi connectivity index (χ1) is 21.8. The number of carbonyl (C=O) groups excluding carboxylic acids is 1. The van der Waals surface area contributed by atoms with Crippen molar-refractivity contribution < 1.29 is 37.7 Å². The van der Waals surface area contributed by atoms with E-state index < -0.39 is 47.0 Å². The number of benzene rings is 1. The van der Waals surface area contributed by atoms with Crippen LogP contribution >= 0.6 is 0 Å². The summed E-state index contributed by atoms with van der Waals surface area (Å²) >= 11 is 0. The molecule has 1 aromatic carbocycles. The number of ether oxygens (including phenoxy) is 4. The van der Waals surface area contributed by atoms with Crippen molar-refractivity contribution in [1.29, 1.82) is 0 Å². The summed E-state index contributed by atoms with van der Waals surface area (Å²) in [5.74, 6) is -0.238. The number of esters is 1. The van der Waals surface area contributed by atoms with Crippen LogP contribution in [-0.2, 0) is 34.5 Å². The van der Waals surface area contributed by atoms with Crippen molar-refractivity contribution >= 4 is 22.6 Å². The van der Waals surface area contributed by atoms with E-state index in [1.54, 1.807) is 14.2 Å². The molecule has 1 unspecified atom stereocenters. The zero-order valence-electron chi connectivity index (χ0n) is 33.5. The van der Waals surface area contributed by atoms with Crippen LogP contribution in [0.25, 0.3) is 0 Å². The van der Waals surface area contributed by atoms with Crippen molar-refractivity contribution in [3.05, 3.63) is 41.5 Å². The first-order valence-corrected chi connectivity index (χ1v) is 23.2. The SMILES string of the molecule is COC(=O)[C@H](O[Si](C)(C)C(C)(C)C)[C@@H](OC)[C@H](C)[C@@H](OCc1ccc(OC)cc1)[C@H](C)[C@@H](O[Si](C)(C)C(C)(C)C)/C(C)=C/[C@H](C)C(C)O. The molecular weight excluding hydrogens is 641 g/mol. The molecule has 0 fully saturated rings. The maximum absolute atomic E-state index is 13.5. The van der Waals surface area contributed by atoms with Crippen LogP contribution in [0.5, 0.6) is 5.75 Å². The Morgan fingerprint density at radius 2 is 1.27 bits per heavy atom. The number of aliphatic hydroxyl groups is 1. The lowest BCUT2D eigenvalue weighted by atomic mass is 9.81. The molecule has 1 rings (SSSR count). The molecule has 8 nitrogen and oxygen atoms in total. The summed E-state index contributed by atoms with van der Waals surface area (Å²) in [5, 5.41) is 10.2. The van der Waals surface area contributed by atoms with Gasteiger partial charge < -0.3 is 32.9 Å². The van der Waals surface area contributed by atoms with Crippen LogP contribution in [-0.4, -0.2) is 79.6 Å². The van der Waals surface area contributed by atoms with E-state index in [0.717, 1.165) is 16.9 Å². The van der Waals surface area contributed by atoms with E-state index >= 15 is 0 Å². The van der Waals surface area contributed by atoms with Crippen molar-refractivity contribution in [2.75, 3.05) is 21.3 Å². The number of carbonyl (C=O) groups is 1. The maximum atomic E-state index is 13.5. The highest BCUT2D eigenvalue weighted by Gasteiger charge is 2.48. The molecule has 0 radical (unpaired) electrons. The summed E-state index contributed by atoms with van der Waals surface area (Å²) in [5.41, 5.74) is 2.04. The number of hydrogen-bond donors (Lipinski definition) is 1. The molecule has 0 bridgehead atoms. The molecule has 8 atom stereocenters. The second-order valence-corrected chi connectivity index (χ2v) is 26.2. The fourth-order valence-corrected chi connectivity index (χ4v) is 7.89. The monoisotopic (exact) mass is 710 g/mol. The van der Waals surface area contributed by atoms with Crippen LogP contribution < -0.4 is 4.74 Å². The minimum Gasteiger partial charge on any atom is -0.497 e. The van der Waals surface area contributed by atoms with E-state index in [1.807, 2.05) is 38.1 Å². The molecule has 0 saturated carbocycles. The lowest BCUT2D eigenvalue weighted by molar-refractivity contribution is -0.165. The maximum Gasteiger partial charge on any atom is 0.336 e. The number of hydrogen-bond acceptors (Lipinski definition) is 8. The van der Waals surface area contributed by atoms with E-state index in [9.17, 15) is 9.90 Å². The normalized spacial score (nSPS) is 18.7. The van der Waals surface area contributed by atoms with Gasteiger partial charge in [-0.3, -0.25) is 0 Å². The fourth-order valence-electron chi connectivity index (χ4n) is 5.29. The van der Waals surface area contributed by atoms with E-state index in [4.69, 9.17) is 27.8 Å². The molecule has 0 aromatic heterocycles. The Labute approximate surface area is 295 Å².